The third-order valence-corrected chi connectivity index (χ3v) is 3.85. The molecular weight excluding hydrogens is 270 g/mol. The maximum atomic E-state index is 4.38. The molecule has 1 aliphatic rings. The van der Waals surface area contributed by atoms with Gasteiger partial charge in [0.25, 0.3) is 0 Å². The van der Waals surface area contributed by atoms with Crippen LogP contribution in [0.4, 0.5) is 5.82 Å². The summed E-state index contributed by atoms with van der Waals surface area (Å²) < 4.78 is 2.77. The Labute approximate surface area is 102 Å². The van der Waals surface area contributed by atoms with Crippen molar-refractivity contribution in [1.29, 1.82) is 0 Å². The number of anilines is 1. The van der Waals surface area contributed by atoms with Crippen LogP contribution in [-0.2, 0) is 7.05 Å². The molecule has 1 aliphatic heterocycles. The van der Waals surface area contributed by atoms with E-state index in [1.165, 1.54) is 6.42 Å². The van der Waals surface area contributed by atoms with Crippen molar-refractivity contribution in [3.05, 3.63) is 17.1 Å². The maximum absolute atomic E-state index is 4.38. The first-order valence-corrected chi connectivity index (χ1v) is 6.03. The van der Waals surface area contributed by atoms with Crippen molar-refractivity contribution in [3.8, 4) is 11.3 Å². The quantitative estimate of drug-likeness (QED) is 0.913. The van der Waals surface area contributed by atoms with Crippen LogP contribution < -0.4 is 4.90 Å². The van der Waals surface area contributed by atoms with E-state index in [4.69, 9.17) is 0 Å². The highest BCUT2D eigenvalue weighted by molar-refractivity contribution is 9.10. The van der Waals surface area contributed by atoms with Gasteiger partial charge in [0, 0.05) is 20.1 Å². The Morgan fingerprint density at radius 3 is 2.81 bits per heavy atom. The van der Waals surface area contributed by atoms with Crippen molar-refractivity contribution in [2.45, 2.75) is 6.42 Å². The van der Waals surface area contributed by atoms with Crippen molar-refractivity contribution in [1.82, 2.24) is 19.7 Å². The van der Waals surface area contributed by atoms with Crippen LogP contribution in [0.15, 0.2) is 17.1 Å². The molecule has 6 heteroatoms. The predicted molar refractivity (Wildman–Crippen MR) is 65.3 cm³/mol. The van der Waals surface area contributed by atoms with Gasteiger partial charge in [-0.1, -0.05) is 0 Å². The monoisotopic (exact) mass is 281 g/mol. The van der Waals surface area contributed by atoms with E-state index in [9.17, 15) is 0 Å². The molecule has 0 aliphatic carbocycles. The predicted octanol–water partition coefficient (Wildman–Crippen LogP) is 1.78. The molecule has 84 valence electrons. The summed E-state index contributed by atoms with van der Waals surface area (Å²) in [7, 11) is 1.91. The number of nitrogens with zero attached hydrogens (tertiary/aromatic N) is 4. The highest BCUT2D eigenvalue weighted by Crippen LogP contribution is 2.33. The molecule has 1 saturated heterocycles. The minimum Gasteiger partial charge on any atom is -0.355 e. The summed E-state index contributed by atoms with van der Waals surface area (Å²) in [5.74, 6) is 1.03. The fraction of sp³-hybridized carbons (Fsp3) is 0.400. The first-order chi connectivity index (χ1) is 7.77. The van der Waals surface area contributed by atoms with Crippen LogP contribution in [0, 0.1) is 0 Å². The second kappa shape index (κ2) is 3.62. The third-order valence-electron chi connectivity index (χ3n) is 2.91. The lowest BCUT2D eigenvalue weighted by Gasteiger charge is -2.31. The van der Waals surface area contributed by atoms with E-state index in [0.717, 1.165) is 34.8 Å². The minimum atomic E-state index is 0.971. The normalized spacial score (nSPS) is 15.2. The van der Waals surface area contributed by atoms with E-state index in [-0.39, 0.29) is 0 Å². The maximum Gasteiger partial charge on any atom is 0.154 e. The zero-order chi connectivity index (χ0) is 11.1. The number of hydrogen-bond donors (Lipinski definition) is 1. The summed E-state index contributed by atoms with van der Waals surface area (Å²) in [5, 5.41) is 4.22. The van der Waals surface area contributed by atoms with Crippen LogP contribution in [0.1, 0.15) is 6.42 Å². The smallest absolute Gasteiger partial charge is 0.154 e. The van der Waals surface area contributed by atoms with Crippen LogP contribution in [-0.4, -0.2) is 32.8 Å². The van der Waals surface area contributed by atoms with Gasteiger partial charge in [0.15, 0.2) is 5.82 Å². The average molecular weight is 282 g/mol. The van der Waals surface area contributed by atoms with Gasteiger partial charge in [0.2, 0.25) is 0 Å². The van der Waals surface area contributed by atoms with Crippen molar-refractivity contribution < 1.29 is 0 Å². The first kappa shape index (κ1) is 9.89. The zero-order valence-electron chi connectivity index (χ0n) is 8.94. The Balaban J connectivity index is 2.06. The summed E-state index contributed by atoms with van der Waals surface area (Å²) in [6, 6.07) is 0. The van der Waals surface area contributed by atoms with Crippen molar-refractivity contribution in [2.75, 3.05) is 18.0 Å². The Kier molecular flexibility index (Phi) is 2.24. The fourth-order valence-corrected chi connectivity index (χ4v) is 2.24. The Hall–Kier alpha value is -1.30. The van der Waals surface area contributed by atoms with E-state index < -0.39 is 0 Å². The van der Waals surface area contributed by atoms with E-state index in [1.54, 1.807) is 11.0 Å². The molecule has 0 atom stereocenters. The van der Waals surface area contributed by atoms with E-state index in [1.807, 2.05) is 13.2 Å². The molecule has 1 N–H and O–H groups in total. The Bertz CT molecular complexity index is 511. The van der Waals surface area contributed by atoms with Crippen LogP contribution in [0.2, 0.25) is 0 Å². The standard InChI is InChI=1S/C10H12BrN5/c1-15-9(11)7(5-14-15)8-10(13-6-12-8)16-3-2-4-16/h5-6H,2-4H2,1H3,(H,12,13). The lowest BCUT2D eigenvalue weighted by Crippen LogP contribution is -2.37. The van der Waals surface area contributed by atoms with Crippen LogP contribution >= 0.6 is 15.9 Å². The highest BCUT2D eigenvalue weighted by Gasteiger charge is 2.22. The molecule has 16 heavy (non-hydrogen) atoms. The molecule has 0 unspecified atom stereocenters. The van der Waals surface area contributed by atoms with Gasteiger partial charge < -0.3 is 9.88 Å². The summed E-state index contributed by atoms with van der Waals surface area (Å²) in [4.78, 5) is 9.84. The van der Waals surface area contributed by atoms with Crippen molar-refractivity contribution >= 4 is 21.7 Å². The van der Waals surface area contributed by atoms with Crippen LogP contribution in [0.5, 0.6) is 0 Å². The number of aromatic amines is 1. The van der Waals surface area contributed by atoms with Gasteiger partial charge in [0.05, 0.1) is 23.8 Å². The first-order valence-electron chi connectivity index (χ1n) is 5.23. The molecule has 0 aromatic carbocycles. The molecular formula is C10H12BrN5. The molecule has 0 saturated carbocycles. The number of hydrogen-bond acceptors (Lipinski definition) is 3. The van der Waals surface area contributed by atoms with Crippen molar-refractivity contribution in [3.63, 3.8) is 0 Å². The second-order valence-electron chi connectivity index (χ2n) is 3.91. The van der Waals surface area contributed by atoms with Gasteiger partial charge in [-0.05, 0) is 22.4 Å². The number of halogens is 1. The van der Waals surface area contributed by atoms with Gasteiger partial charge in [-0.25, -0.2) is 4.98 Å². The molecule has 3 heterocycles. The van der Waals surface area contributed by atoms with Gasteiger partial charge >= 0.3 is 0 Å². The number of nitrogens with one attached hydrogen (secondary N) is 1. The number of imidazole rings is 1. The summed E-state index contributed by atoms with van der Waals surface area (Å²) in [6.45, 7) is 2.19. The van der Waals surface area contributed by atoms with Crippen LogP contribution in [0.25, 0.3) is 11.3 Å². The summed E-state index contributed by atoms with van der Waals surface area (Å²) in [6.07, 6.45) is 4.84. The molecule has 0 radical (unpaired) electrons. The van der Waals surface area contributed by atoms with Gasteiger partial charge in [-0.2, -0.15) is 5.10 Å². The summed E-state index contributed by atoms with van der Waals surface area (Å²) in [5.41, 5.74) is 2.10. The third kappa shape index (κ3) is 1.36. The molecule has 0 spiro atoms. The lowest BCUT2D eigenvalue weighted by atomic mass is 10.2. The Morgan fingerprint density at radius 1 is 1.44 bits per heavy atom. The molecule has 5 nitrogen and oxygen atoms in total. The van der Waals surface area contributed by atoms with Crippen LogP contribution in [0.3, 0.4) is 0 Å². The molecule has 2 aromatic rings. The average Bonchev–Trinajstić information content (AvgIpc) is 2.74. The van der Waals surface area contributed by atoms with Gasteiger partial charge in [-0.3, -0.25) is 4.68 Å². The van der Waals surface area contributed by atoms with Crippen molar-refractivity contribution in [2.24, 2.45) is 7.05 Å². The van der Waals surface area contributed by atoms with E-state index >= 15 is 0 Å². The second-order valence-corrected chi connectivity index (χ2v) is 4.67. The topological polar surface area (TPSA) is 49.7 Å². The van der Waals surface area contributed by atoms with E-state index in [0.29, 0.717) is 0 Å². The van der Waals surface area contributed by atoms with Gasteiger partial charge in [0.1, 0.15) is 4.60 Å². The Morgan fingerprint density at radius 2 is 2.25 bits per heavy atom. The molecule has 0 amide bonds. The molecule has 1 fully saturated rings. The van der Waals surface area contributed by atoms with E-state index in [2.05, 4.69) is 35.9 Å². The number of aryl methyl sites for hydroxylation is 1. The largest absolute Gasteiger partial charge is 0.355 e. The fourth-order valence-electron chi connectivity index (χ4n) is 1.84. The summed E-state index contributed by atoms with van der Waals surface area (Å²) >= 11 is 3.53. The minimum absolute atomic E-state index is 0.971. The molecule has 0 bridgehead atoms. The SMILES string of the molecule is Cn1ncc(-c2[nH]cnc2N2CCC2)c1Br. The zero-order valence-corrected chi connectivity index (χ0v) is 10.5. The number of H-pyrrole nitrogens is 1. The molecule has 3 rings (SSSR count). The lowest BCUT2D eigenvalue weighted by molar-refractivity contribution is 0.612. The molecule has 2 aromatic heterocycles. The number of rotatable bonds is 2. The highest BCUT2D eigenvalue weighted by atomic mass is 79.9. The van der Waals surface area contributed by atoms with Gasteiger partial charge in [-0.15, -0.1) is 0 Å². The number of aromatic nitrogens is 4.